The van der Waals surface area contributed by atoms with Crippen molar-refractivity contribution in [2.45, 2.75) is 49.7 Å². The number of methoxy groups -OCH3 is 2. The summed E-state index contributed by atoms with van der Waals surface area (Å²) in [6.45, 7) is 3.07. The summed E-state index contributed by atoms with van der Waals surface area (Å²) in [6, 6.07) is 6.71. The minimum atomic E-state index is -0.285. The number of likely N-dealkylation sites (N-methyl/N-ethyl adjacent to an activating group) is 1. The molecule has 1 saturated heterocycles. The van der Waals surface area contributed by atoms with E-state index >= 15 is 0 Å². The molecular formula is C20H27NO3. The van der Waals surface area contributed by atoms with Crippen LogP contribution < -0.4 is 4.74 Å². The minimum Gasteiger partial charge on any atom is -0.497 e. The van der Waals surface area contributed by atoms with Crippen LogP contribution in [0.3, 0.4) is 0 Å². The zero-order valence-corrected chi connectivity index (χ0v) is 15.1. The van der Waals surface area contributed by atoms with Gasteiger partial charge in [0.2, 0.25) is 0 Å². The molecule has 0 spiro atoms. The summed E-state index contributed by atoms with van der Waals surface area (Å²) in [4.78, 5) is 15.2. The SMILES string of the molecule is COc1ccc2c(c1)[C@]13CCN(C)[C@H](C2)[C@]1(OC)C[C@H](C)C(=O)C3. The van der Waals surface area contributed by atoms with Crippen LogP contribution in [0.5, 0.6) is 5.75 Å². The highest BCUT2D eigenvalue weighted by Gasteiger charge is 2.66. The molecule has 4 nitrogen and oxygen atoms in total. The van der Waals surface area contributed by atoms with Gasteiger partial charge in [-0.25, -0.2) is 0 Å². The molecule has 4 heteroatoms. The predicted octanol–water partition coefficient (Wildman–Crippen LogP) is 2.58. The molecule has 4 rings (SSSR count). The Hall–Kier alpha value is -1.39. The van der Waals surface area contributed by atoms with Gasteiger partial charge in [-0.15, -0.1) is 0 Å². The van der Waals surface area contributed by atoms with Crippen LogP contribution in [-0.4, -0.2) is 50.1 Å². The second-order valence-corrected chi connectivity index (χ2v) is 7.90. The number of carbonyl (C=O) groups is 1. The molecule has 1 aromatic rings. The van der Waals surface area contributed by atoms with Crippen LogP contribution in [0.15, 0.2) is 18.2 Å². The molecule has 1 aliphatic heterocycles. The standard InChI is InChI=1S/C20H27NO3/c1-13-11-20(24-4)18-9-14-5-6-15(23-3)10-16(14)19(20,12-17(13)22)7-8-21(18)2/h5-6,10,13,18H,7-9,11-12H2,1-4H3/t13-,18+,19+,20+/m0/s1. The maximum Gasteiger partial charge on any atom is 0.136 e. The van der Waals surface area contributed by atoms with E-state index < -0.39 is 0 Å². The van der Waals surface area contributed by atoms with E-state index in [1.165, 1.54) is 11.1 Å². The number of fused-ring (bicyclic) bond motifs is 1. The fraction of sp³-hybridized carbons (Fsp3) is 0.650. The third-order valence-corrected chi connectivity index (χ3v) is 7.02. The Balaban J connectivity index is 1.98. The molecule has 0 N–H and O–H groups in total. The summed E-state index contributed by atoms with van der Waals surface area (Å²) in [7, 11) is 5.75. The molecule has 0 unspecified atom stereocenters. The highest BCUT2D eigenvalue weighted by molar-refractivity contribution is 5.84. The van der Waals surface area contributed by atoms with Gasteiger partial charge in [0.1, 0.15) is 11.5 Å². The molecule has 4 atom stereocenters. The highest BCUT2D eigenvalue weighted by Crippen LogP contribution is 2.59. The van der Waals surface area contributed by atoms with Crippen LogP contribution in [0.1, 0.15) is 37.3 Å². The van der Waals surface area contributed by atoms with Gasteiger partial charge in [0.25, 0.3) is 0 Å². The van der Waals surface area contributed by atoms with Crippen LogP contribution in [-0.2, 0) is 21.4 Å². The zero-order valence-electron chi connectivity index (χ0n) is 15.1. The van der Waals surface area contributed by atoms with Crippen molar-refractivity contribution in [3.63, 3.8) is 0 Å². The number of hydrogen-bond donors (Lipinski definition) is 0. The molecule has 2 aliphatic carbocycles. The number of piperidine rings is 1. The normalized spacial score (nSPS) is 38.4. The summed E-state index contributed by atoms with van der Waals surface area (Å²) >= 11 is 0. The summed E-state index contributed by atoms with van der Waals surface area (Å²) in [5, 5.41) is 0. The van der Waals surface area contributed by atoms with Crippen molar-refractivity contribution in [2.75, 3.05) is 27.8 Å². The molecule has 1 saturated carbocycles. The summed E-state index contributed by atoms with van der Waals surface area (Å²) in [5.74, 6) is 1.32. The maximum atomic E-state index is 12.7. The zero-order chi connectivity index (χ0) is 17.1. The molecule has 130 valence electrons. The van der Waals surface area contributed by atoms with Gasteiger partial charge in [0.05, 0.1) is 12.7 Å². The number of ketones is 1. The number of carbonyl (C=O) groups excluding carboxylic acids is 1. The predicted molar refractivity (Wildman–Crippen MR) is 92.6 cm³/mol. The van der Waals surface area contributed by atoms with E-state index in [0.29, 0.717) is 18.2 Å². The molecule has 2 fully saturated rings. The van der Waals surface area contributed by atoms with Crippen LogP contribution in [0.2, 0.25) is 0 Å². The average molecular weight is 329 g/mol. The lowest BCUT2D eigenvalue weighted by Crippen LogP contribution is -2.74. The topological polar surface area (TPSA) is 38.8 Å². The monoisotopic (exact) mass is 329 g/mol. The third kappa shape index (κ3) is 1.84. The molecule has 1 aromatic carbocycles. The largest absolute Gasteiger partial charge is 0.497 e. The minimum absolute atomic E-state index is 0.0687. The van der Waals surface area contributed by atoms with Gasteiger partial charge in [-0.2, -0.15) is 0 Å². The van der Waals surface area contributed by atoms with Crippen molar-refractivity contribution in [3.8, 4) is 5.75 Å². The summed E-state index contributed by atoms with van der Waals surface area (Å²) < 4.78 is 11.8. The van der Waals surface area contributed by atoms with Crippen molar-refractivity contribution in [1.82, 2.24) is 4.90 Å². The first kappa shape index (κ1) is 16.1. The maximum absolute atomic E-state index is 12.7. The van der Waals surface area contributed by atoms with Crippen LogP contribution in [0.25, 0.3) is 0 Å². The molecule has 0 amide bonds. The lowest BCUT2D eigenvalue weighted by Gasteiger charge is -2.65. The number of hydrogen-bond acceptors (Lipinski definition) is 4. The number of likely N-dealkylation sites (tertiary alicyclic amines) is 1. The van der Waals surface area contributed by atoms with Gasteiger partial charge < -0.3 is 14.4 Å². The van der Waals surface area contributed by atoms with E-state index in [9.17, 15) is 4.79 Å². The number of rotatable bonds is 2. The summed E-state index contributed by atoms with van der Waals surface area (Å²) in [6.07, 6.45) is 3.35. The Kier molecular flexibility index (Phi) is 3.56. The fourth-order valence-electron chi connectivity index (χ4n) is 5.73. The average Bonchev–Trinajstić information content (AvgIpc) is 2.59. The number of nitrogens with zero attached hydrogens (tertiary/aromatic N) is 1. The lowest BCUT2D eigenvalue weighted by atomic mass is 9.48. The van der Waals surface area contributed by atoms with Gasteiger partial charge in [0.15, 0.2) is 0 Å². The van der Waals surface area contributed by atoms with E-state index in [1.807, 2.05) is 13.2 Å². The molecule has 2 bridgehead atoms. The van der Waals surface area contributed by atoms with E-state index in [4.69, 9.17) is 9.47 Å². The fourth-order valence-corrected chi connectivity index (χ4v) is 5.73. The van der Waals surface area contributed by atoms with Gasteiger partial charge >= 0.3 is 0 Å². The Bertz CT molecular complexity index is 687. The lowest BCUT2D eigenvalue weighted by molar-refractivity contribution is -0.190. The van der Waals surface area contributed by atoms with Crippen molar-refractivity contribution >= 4 is 5.78 Å². The van der Waals surface area contributed by atoms with Gasteiger partial charge in [0, 0.05) is 30.9 Å². The van der Waals surface area contributed by atoms with E-state index in [-0.39, 0.29) is 16.9 Å². The second kappa shape index (κ2) is 5.30. The Labute approximate surface area is 144 Å². The van der Waals surface area contributed by atoms with Crippen molar-refractivity contribution < 1.29 is 14.3 Å². The molecule has 0 radical (unpaired) electrons. The Morgan fingerprint density at radius 2 is 2.08 bits per heavy atom. The van der Waals surface area contributed by atoms with Gasteiger partial charge in [-0.05, 0) is 56.1 Å². The van der Waals surface area contributed by atoms with Crippen LogP contribution in [0, 0.1) is 5.92 Å². The number of benzene rings is 1. The quantitative estimate of drug-likeness (QED) is 0.836. The molecule has 3 aliphatic rings. The molecule has 1 heterocycles. The third-order valence-electron chi connectivity index (χ3n) is 7.02. The van der Waals surface area contributed by atoms with Gasteiger partial charge in [-0.1, -0.05) is 13.0 Å². The van der Waals surface area contributed by atoms with E-state index in [2.05, 4.69) is 31.0 Å². The Morgan fingerprint density at radius 1 is 1.29 bits per heavy atom. The number of Topliss-reactive ketones (excluding diaryl/α,β-unsaturated/α-hetero) is 1. The summed E-state index contributed by atoms with van der Waals surface area (Å²) in [5.41, 5.74) is 2.13. The van der Waals surface area contributed by atoms with Crippen molar-refractivity contribution in [3.05, 3.63) is 29.3 Å². The molecule has 0 aromatic heterocycles. The van der Waals surface area contributed by atoms with Crippen molar-refractivity contribution in [2.24, 2.45) is 5.92 Å². The van der Waals surface area contributed by atoms with E-state index in [1.54, 1.807) is 7.11 Å². The molecule has 24 heavy (non-hydrogen) atoms. The van der Waals surface area contributed by atoms with Gasteiger partial charge in [-0.3, -0.25) is 4.79 Å². The highest BCUT2D eigenvalue weighted by atomic mass is 16.5. The Morgan fingerprint density at radius 3 is 2.79 bits per heavy atom. The smallest absolute Gasteiger partial charge is 0.136 e. The first-order chi connectivity index (χ1) is 11.5. The van der Waals surface area contributed by atoms with Crippen LogP contribution >= 0.6 is 0 Å². The van der Waals surface area contributed by atoms with E-state index in [0.717, 1.165) is 31.6 Å². The second-order valence-electron chi connectivity index (χ2n) is 7.90. The first-order valence-electron chi connectivity index (χ1n) is 8.93. The van der Waals surface area contributed by atoms with Crippen molar-refractivity contribution in [1.29, 1.82) is 0 Å². The first-order valence-corrected chi connectivity index (χ1v) is 8.93. The molecular weight excluding hydrogens is 302 g/mol. The van der Waals surface area contributed by atoms with Crippen LogP contribution in [0.4, 0.5) is 0 Å². The number of ether oxygens (including phenoxy) is 2.